The predicted octanol–water partition coefficient (Wildman–Crippen LogP) is 2.86. The molecule has 0 heterocycles. The molecule has 0 radical (unpaired) electrons. The van der Waals surface area contributed by atoms with Crippen molar-refractivity contribution in [2.24, 2.45) is 22.4 Å². The Morgan fingerprint density at radius 3 is 2.27 bits per heavy atom. The van der Waals surface area contributed by atoms with E-state index in [2.05, 4.69) is 5.32 Å². The van der Waals surface area contributed by atoms with Crippen LogP contribution in [-0.4, -0.2) is 14.3 Å². The number of benzene rings is 1. The van der Waals surface area contributed by atoms with Crippen LogP contribution in [0.3, 0.4) is 0 Å². The van der Waals surface area contributed by atoms with Gasteiger partial charge in [0.2, 0.25) is 15.9 Å². The predicted molar refractivity (Wildman–Crippen MR) is 87.0 cm³/mol. The van der Waals surface area contributed by atoms with Gasteiger partial charge >= 0.3 is 0 Å². The largest absolute Gasteiger partial charge is 0.326 e. The van der Waals surface area contributed by atoms with Gasteiger partial charge in [0.1, 0.15) is 4.49 Å². The molecular formula is C14H16Cl2N2O3S. The summed E-state index contributed by atoms with van der Waals surface area (Å²) in [5.41, 5.74) is 0.277. The van der Waals surface area contributed by atoms with Crippen LogP contribution in [-0.2, 0) is 14.8 Å². The number of amides is 1. The van der Waals surface area contributed by atoms with Gasteiger partial charge in [0, 0.05) is 5.69 Å². The van der Waals surface area contributed by atoms with Crippen LogP contribution in [0.5, 0.6) is 0 Å². The number of sulfonamides is 1. The van der Waals surface area contributed by atoms with Gasteiger partial charge in [-0.15, -0.1) is 0 Å². The molecular weight excluding hydrogens is 347 g/mol. The van der Waals surface area contributed by atoms with Crippen molar-refractivity contribution >= 4 is 44.8 Å². The number of nitrogens with one attached hydrogen (secondary N) is 1. The molecule has 8 heteroatoms. The highest BCUT2D eigenvalue weighted by Crippen LogP contribution is 2.60. The Morgan fingerprint density at radius 2 is 1.82 bits per heavy atom. The lowest BCUT2D eigenvalue weighted by Gasteiger charge is -2.07. The van der Waals surface area contributed by atoms with Crippen molar-refractivity contribution in [3.63, 3.8) is 0 Å². The van der Waals surface area contributed by atoms with E-state index in [9.17, 15) is 13.2 Å². The molecule has 120 valence electrons. The Kier molecular flexibility index (Phi) is 4.59. The van der Waals surface area contributed by atoms with E-state index in [1.807, 2.05) is 13.8 Å². The molecule has 2 rings (SSSR count). The third-order valence-electron chi connectivity index (χ3n) is 3.95. The van der Waals surface area contributed by atoms with Crippen LogP contribution >= 0.6 is 23.2 Å². The van der Waals surface area contributed by atoms with Gasteiger partial charge in [-0.05, 0) is 41.7 Å². The summed E-state index contributed by atoms with van der Waals surface area (Å²) in [6, 6.07) is 5.67. The van der Waals surface area contributed by atoms with Crippen molar-refractivity contribution in [3.8, 4) is 0 Å². The van der Waals surface area contributed by atoms with Crippen molar-refractivity contribution in [2.45, 2.75) is 18.7 Å². The van der Waals surface area contributed by atoms with Crippen LogP contribution in [0.4, 0.5) is 5.69 Å². The maximum absolute atomic E-state index is 12.3. The summed E-state index contributed by atoms with van der Waals surface area (Å²) < 4.78 is 22.5. The van der Waals surface area contributed by atoms with E-state index in [0.717, 1.165) is 0 Å². The number of hydrogen-bond donors (Lipinski definition) is 2. The molecule has 3 N–H and O–H groups in total. The summed E-state index contributed by atoms with van der Waals surface area (Å²) >= 11 is 11.3. The van der Waals surface area contributed by atoms with E-state index in [4.69, 9.17) is 28.3 Å². The maximum atomic E-state index is 12.3. The first kappa shape index (κ1) is 17.3. The number of carbonyl (C=O) groups is 1. The van der Waals surface area contributed by atoms with Crippen LogP contribution in [0.1, 0.15) is 13.8 Å². The number of anilines is 1. The average Bonchev–Trinajstić information content (AvgIpc) is 2.89. The third kappa shape index (κ3) is 3.63. The smallest absolute Gasteiger partial charge is 0.238 e. The minimum atomic E-state index is -3.74. The van der Waals surface area contributed by atoms with Crippen LogP contribution in [0.2, 0.25) is 0 Å². The van der Waals surface area contributed by atoms with Gasteiger partial charge in [-0.25, -0.2) is 13.6 Å². The summed E-state index contributed by atoms with van der Waals surface area (Å²) in [5.74, 6) is -0.428. The zero-order valence-corrected chi connectivity index (χ0v) is 14.3. The molecule has 1 fully saturated rings. The quantitative estimate of drug-likeness (QED) is 0.862. The van der Waals surface area contributed by atoms with Crippen LogP contribution < -0.4 is 10.5 Å². The molecule has 2 atom stereocenters. The van der Waals surface area contributed by atoms with Crippen LogP contribution in [0.15, 0.2) is 39.7 Å². The molecule has 0 aliphatic heterocycles. The molecule has 1 amide bonds. The second-order valence-electron chi connectivity index (χ2n) is 5.84. The number of primary sulfonamides is 1. The van der Waals surface area contributed by atoms with E-state index in [-0.39, 0.29) is 32.5 Å². The van der Waals surface area contributed by atoms with E-state index < -0.39 is 10.0 Å². The molecule has 0 spiro atoms. The SMILES string of the molecule is CC1(C)C(C=C(Cl)Cl)C1C(=O)Nc1ccc(S(N)(=O)=O)cc1. The van der Waals surface area contributed by atoms with Crippen molar-refractivity contribution in [1.29, 1.82) is 0 Å². The summed E-state index contributed by atoms with van der Waals surface area (Å²) in [6.07, 6.45) is 1.66. The maximum Gasteiger partial charge on any atom is 0.238 e. The van der Waals surface area contributed by atoms with Crippen molar-refractivity contribution in [1.82, 2.24) is 0 Å². The first-order valence-electron chi connectivity index (χ1n) is 6.50. The molecule has 2 unspecified atom stereocenters. The van der Waals surface area contributed by atoms with Crippen LogP contribution in [0, 0.1) is 17.3 Å². The second-order valence-corrected chi connectivity index (χ2v) is 8.41. The van der Waals surface area contributed by atoms with Crippen molar-refractivity contribution in [2.75, 3.05) is 5.32 Å². The molecule has 5 nitrogen and oxygen atoms in total. The minimum Gasteiger partial charge on any atom is -0.326 e. The van der Waals surface area contributed by atoms with Gasteiger partial charge in [-0.3, -0.25) is 4.79 Å². The molecule has 0 aromatic heterocycles. The molecule has 1 aliphatic rings. The third-order valence-corrected chi connectivity index (χ3v) is 5.13. The molecule has 1 aliphatic carbocycles. The fourth-order valence-electron chi connectivity index (χ4n) is 2.57. The molecule has 1 saturated carbocycles. The molecule has 1 aromatic rings. The summed E-state index contributed by atoms with van der Waals surface area (Å²) in [6.45, 7) is 3.92. The summed E-state index contributed by atoms with van der Waals surface area (Å²) in [4.78, 5) is 12.3. The van der Waals surface area contributed by atoms with E-state index in [0.29, 0.717) is 5.69 Å². The van der Waals surface area contributed by atoms with Gasteiger partial charge in [-0.2, -0.15) is 0 Å². The zero-order valence-electron chi connectivity index (χ0n) is 12.0. The Morgan fingerprint density at radius 1 is 1.27 bits per heavy atom. The number of carbonyl (C=O) groups excluding carboxylic acids is 1. The Balaban J connectivity index is 2.09. The first-order chi connectivity index (χ1) is 10.0. The highest BCUT2D eigenvalue weighted by Gasteiger charge is 2.60. The summed E-state index contributed by atoms with van der Waals surface area (Å²) in [5, 5.41) is 7.77. The lowest BCUT2D eigenvalue weighted by atomic mass is 10.1. The summed E-state index contributed by atoms with van der Waals surface area (Å²) in [7, 11) is -3.74. The van der Waals surface area contributed by atoms with E-state index in [1.165, 1.54) is 24.3 Å². The highest BCUT2D eigenvalue weighted by molar-refractivity contribution is 7.89. The van der Waals surface area contributed by atoms with Gasteiger partial charge in [0.15, 0.2) is 0 Å². The van der Waals surface area contributed by atoms with Gasteiger partial charge in [0.25, 0.3) is 0 Å². The number of nitrogens with two attached hydrogens (primary N) is 1. The van der Waals surface area contributed by atoms with Crippen molar-refractivity contribution < 1.29 is 13.2 Å². The van der Waals surface area contributed by atoms with E-state index in [1.54, 1.807) is 6.08 Å². The van der Waals surface area contributed by atoms with E-state index >= 15 is 0 Å². The van der Waals surface area contributed by atoms with Gasteiger partial charge in [-0.1, -0.05) is 37.0 Å². The average molecular weight is 363 g/mol. The molecule has 22 heavy (non-hydrogen) atoms. The number of halogens is 2. The fourth-order valence-corrected chi connectivity index (χ4v) is 3.36. The second kappa shape index (κ2) is 5.85. The van der Waals surface area contributed by atoms with Gasteiger partial charge < -0.3 is 5.32 Å². The lowest BCUT2D eigenvalue weighted by molar-refractivity contribution is -0.118. The van der Waals surface area contributed by atoms with Crippen molar-refractivity contribution in [3.05, 3.63) is 34.8 Å². The Bertz CT molecular complexity index is 723. The standard InChI is InChI=1S/C14H16Cl2N2O3S/c1-14(2)10(7-11(15)16)12(14)13(19)18-8-3-5-9(6-4-8)22(17,20)21/h3-7,10,12H,1-2H3,(H,18,19)(H2,17,20,21). The molecule has 0 saturated heterocycles. The van der Waals surface area contributed by atoms with Gasteiger partial charge in [0.05, 0.1) is 10.8 Å². The fraction of sp³-hybridized carbons (Fsp3) is 0.357. The minimum absolute atomic E-state index is 0.00742. The lowest BCUT2D eigenvalue weighted by Crippen LogP contribution is -2.17. The number of rotatable bonds is 4. The Hall–Kier alpha value is -1.08. The molecule has 0 bridgehead atoms. The normalized spacial score (nSPS) is 22.8. The van der Waals surface area contributed by atoms with Crippen LogP contribution in [0.25, 0.3) is 0 Å². The Labute approximate surface area is 139 Å². The molecule has 1 aromatic carbocycles. The number of allylic oxidation sites excluding steroid dienone is 1. The monoisotopic (exact) mass is 362 g/mol. The number of hydrogen-bond acceptors (Lipinski definition) is 3. The highest BCUT2D eigenvalue weighted by atomic mass is 35.5. The topological polar surface area (TPSA) is 89.3 Å². The first-order valence-corrected chi connectivity index (χ1v) is 8.80. The zero-order chi connectivity index (χ0) is 16.7.